The van der Waals surface area contributed by atoms with Gasteiger partial charge in [-0.05, 0) is 55.1 Å². The van der Waals surface area contributed by atoms with Crippen LogP contribution >= 0.6 is 0 Å². The summed E-state index contributed by atoms with van der Waals surface area (Å²) in [6.07, 6.45) is 0.778. The maximum Gasteiger partial charge on any atom is 0.127 e. The fourth-order valence-corrected chi connectivity index (χ4v) is 1.88. The van der Waals surface area contributed by atoms with Crippen molar-refractivity contribution in [3.63, 3.8) is 0 Å². The van der Waals surface area contributed by atoms with Gasteiger partial charge in [0.2, 0.25) is 0 Å². The minimum absolute atomic E-state index is 0.314. The first-order chi connectivity index (χ1) is 7.88. The quantitative estimate of drug-likeness (QED) is 0.777. The van der Waals surface area contributed by atoms with E-state index in [1.165, 1.54) is 12.1 Å². The Morgan fingerprint density at radius 3 is 2.41 bits per heavy atom. The summed E-state index contributed by atoms with van der Waals surface area (Å²) in [6.45, 7) is 9.18. The smallest absolute Gasteiger partial charge is 0.127 e. The van der Waals surface area contributed by atoms with Crippen LogP contribution < -0.4 is 5.32 Å². The van der Waals surface area contributed by atoms with E-state index in [9.17, 15) is 8.78 Å². The molecular formula is C14H21F2N. The van der Waals surface area contributed by atoms with Crippen molar-refractivity contribution >= 4 is 0 Å². The van der Waals surface area contributed by atoms with Gasteiger partial charge in [0.25, 0.3) is 0 Å². The number of hydrogen-bond acceptors (Lipinski definition) is 1. The third-order valence-electron chi connectivity index (χ3n) is 3.15. The number of rotatable bonds is 5. The Bertz CT molecular complexity index is 386. The fourth-order valence-electron chi connectivity index (χ4n) is 1.88. The minimum atomic E-state index is -0.360. The Morgan fingerprint density at radius 1 is 1.18 bits per heavy atom. The Balaban J connectivity index is 2.93. The van der Waals surface area contributed by atoms with E-state index in [1.54, 1.807) is 6.92 Å². The first kappa shape index (κ1) is 14.1. The summed E-state index contributed by atoms with van der Waals surface area (Å²) in [5.74, 6) is -0.650. The number of benzene rings is 1. The average molecular weight is 241 g/mol. The molecule has 0 saturated heterocycles. The molecule has 0 heterocycles. The highest BCUT2D eigenvalue weighted by Crippen LogP contribution is 2.30. The lowest BCUT2D eigenvalue weighted by Crippen LogP contribution is -2.26. The third-order valence-corrected chi connectivity index (χ3v) is 3.15. The Morgan fingerprint density at radius 2 is 1.82 bits per heavy atom. The fraction of sp³-hybridized carbons (Fsp3) is 0.571. The Labute approximate surface area is 102 Å². The molecule has 1 N–H and O–H groups in total. The zero-order chi connectivity index (χ0) is 13.1. The van der Waals surface area contributed by atoms with Gasteiger partial charge in [0.05, 0.1) is 0 Å². The molecule has 0 amide bonds. The second-order valence-corrected chi connectivity index (χ2v) is 5.07. The normalized spacial score (nSPS) is 11.9. The SMILES string of the molecule is CCNCCC(C)(C)c1cc(F)c(C)cc1F. The van der Waals surface area contributed by atoms with E-state index in [4.69, 9.17) is 0 Å². The average Bonchev–Trinajstić information content (AvgIpc) is 2.23. The highest BCUT2D eigenvalue weighted by molar-refractivity contribution is 5.30. The Kier molecular flexibility index (Phi) is 4.63. The molecule has 0 aliphatic carbocycles. The van der Waals surface area contributed by atoms with Crippen LogP contribution in [0.3, 0.4) is 0 Å². The zero-order valence-electron chi connectivity index (χ0n) is 11.0. The molecule has 3 heteroatoms. The molecule has 1 aromatic carbocycles. The van der Waals surface area contributed by atoms with Crippen LogP contribution in [-0.4, -0.2) is 13.1 Å². The van der Waals surface area contributed by atoms with E-state index < -0.39 is 0 Å². The van der Waals surface area contributed by atoms with Gasteiger partial charge in [-0.1, -0.05) is 20.8 Å². The monoisotopic (exact) mass is 241 g/mol. The van der Waals surface area contributed by atoms with Crippen LogP contribution in [-0.2, 0) is 5.41 Å². The van der Waals surface area contributed by atoms with Crippen LogP contribution in [0, 0.1) is 18.6 Å². The summed E-state index contributed by atoms with van der Waals surface area (Å²) in [5.41, 5.74) is 0.452. The van der Waals surface area contributed by atoms with Crippen LogP contribution in [0.15, 0.2) is 12.1 Å². The van der Waals surface area contributed by atoms with E-state index >= 15 is 0 Å². The van der Waals surface area contributed by atoms with Gasteiger partial charge in [0, 0.05) is 0 Å². The van der Waals surface area contributed by atoms with Crippen molar-refractivity contribution in [1.82, 2.24) is 5.32 Å². The Hall–Kier alpha value is -0.960. The number of halogens is 2. The lowest BCUT2D eigenvalue weighted by Gasteiger charge is -2.26. The largest absolute Gasteiger partial charge is 0.317 e. The summed E-state index contributed by atoms with van der Waals surface area (Å²) < 4.78 is 27.3. The second kappa shape index (κ2) is 5.58. The van der Waals surface area contributed by atoms with Crippen LogP contribution in [0.25, 0.3) is 0 Å². The van der Waals surface area contributed by atoms with Crippen molar-refractivity contribution in [2.75, 3.05) is 13.1 Å². The molecule has 1 rings (SSSR count). The van der Waals surface area contributed by atoms with E-state index in [0.717, 1.165) is 19.5 Å². The van der Waals surface area contributed by atoms with Crippen LogP contribution in [0.1, 0.15) is 38.3 Å². The molecule has 0 aromatic heterocycles. The summed E-state index contributed by atoms with van der Waals surface area (Å²) in [4.78, 5) is 0. The summed E-state index contributed by atoms with van der Waals surface area (Å²) in [7, 11) is 0. The highest BCUT2D eigenvalue weighted by atomic mass is 19.1. The van der Waals surface area contributed by atoms with Gasteiger partial charge >= 0.3 is 0 Å². The molecule has 96 valence electrons. The molecule has 0 spiro atoms. The van der Waals surface area contributed by atoms with E-state index in [2.05, 4.69) is 5.32 Å². The number of nitrogens with one attached hydrogen (secondary N) is 1. The van der Waals surface area contributed by atoms with Crippen molar-refractivity contribution in [2.45, 2.75) is 39.5 Å². The molecule has 1 aromatic rings. The van der Waals surface area contributed by atoms with Gasteiger partial charge in [-0.3, -0.25) is 0 Å². The van der Waals surface area contributed by atoms with E-state index in [-0.39, 0.29) is 17.0 Å². The predicted molar refractivity (Wildman–Crippen MR) is 67.3 cm³/mol. The first-order valence-electron chi connectivity index (χ1n) is 6.05. The molecule has 0 saturated carbocycles. The molecule has 17 heavy (non-hydrogen) atoms. The third kappa shape index (κ3) is 3.50. The molecule has 0 aliphatic rings. The van der Waals surface area contributed by atoms with E-state index in [0.29, 0.717) is 11.1 Å². The molecule has 0 bridgehead atoms. The maximum atomic E-state index is 13.8. The zero-order valence-corrected chi connectivity index (χ0v) is 11.0. The minimum Gasteiger partial charge on any atom is -0.317 e. The van der Waals surface area contributed by atoms with Crippen LogP contribution in [0.2, 0.25) is 0 Å². The van der Waals surface area contributed by atoms with E-state index in [1.807, 2.05) is 20.8 Å². The van der Waals surface area contributed by atoms with Crippen molar-refractivity contribution in [3.05, 3.63) is 34.9 Å². The topological polar surface area (TPSA) is 12.0 Å². The van der Waals surface area contributed by atoms with Crippen molar-refractivity contribution in [1.29, 1.82) is 0 Å². The lowest BCUT2D eigenvalue weighted by molar-refractivity contribution is 0.432. The molecule has 0 atom stereocenters. The number of hydrogen-bond donors (Lipinski definition) is 1. The van der Waals surface area contributed by atoms with Crippen LogP contribution in [0.5, 0.6) is 0 Å². The summed E-state index contributed by atoms with van der Waals surface area (Å²) in [6, 6.07) is 2.61. The number of aryl methyl sites for hydroxylation is 1. The summed E-state index contributed by atoms with van der Waals surface area (Å²) >= 11 is 0. The van der Waals surface area contributed by atoms with Gasteiger partial charge in [0.15, 0.2) is 0 Å². The molecule has 0 fully saturated rings. The molecule has 0 radical (unpaired) electrons. The highest BCUT2D eigenvalue weighted by Gasteiger charge is 2.24. The van der Waals surface area contributed by atoms with Gasteiger partial charge in [-0.2, -0.15) is 0 Å². The van der Waals surface area contributed by atoms with Crippen molar-refractivity contribution in [2.24, 2.45) is 0 Å². The van der Waals surface area contributed by atoms with Gasteiger partial charge in [-0.25, -0.2) is 8.78 Å². The lowest BCUT2D eigenvalue weighted by atomic mass is 9.81. The second-order valence-electron chi connectivity index (χ2n) is 5.07. The molecule has 0 unspecified atom stereocenters. The van der Waals surface area contributed by atoms with Gasteiger partial charge in [-0.15, -0.1) is 0 Å². The maximum absolute atomic E-state index is 13.8. The standard InChI is InChI=1S/C14H21F2N/c1-5-17-7-6-14(3,4)11-9-12(15)10(2)8-13(11)16/h8-9,17H,5-7H2,1-4H3. The molecule has 1 nitrogen and oxygen atoms in total. The predicted octanol–water partition coefficient (Wildman–Crippen LogP) is 3.55. The summed E-state index contributed by atoms with van der Waals surface area (Å²) in [5, 5.41) is 3.20. The molecular weight excluding hydrogens is 220 g/mol. The van der Waals surface area contributed by atoms with Gasteiger partial charge < -0.3 is 5.32 Å². The van der Waals surface area contributed by atoms with Crippen LogP contribution in [0.4, 0.5) is 8.78 Å². The molecule has 0 aliphatic heterocycles. The van der Waals surface area contributed by atoms with Crippen molar-refractivity contribution in [3.8, 4) is 0 Å². The van der Waals surface area contributed by atoms with Crippen molar-refractivity contribution < 1.29 is 8.78 Å². The first-order valence-corrected chi connectivity index (χ1v) is 6.05. The van der Waals surface area contributed by atoms with Gasteiger partial charge in [0.1, 0.15) is 11.6 Å².